The molecule has 0 spiro atoms. The van der Waals surface area contributed by atoms with Gasteiger partial charge in [-0.25, -0.2) is 4.79 Å². The van der Waals surface area contributed by atoms with Crippen LogP contribution in [-0.4, -0.2) is 23.2 Å². The first-order valence-electron chi connectivity index (χ1n) is 5.43. The minimum absolute atomic E-state index is 0.201. The lowest BCUT2D eigenvalue weighted by molar-refractivity contribution is 0.171. The van der Waals surface area contributed by atoms with E-state index in [4.69, 9.17) is 9.47 Å². The Labute approximate surface area is 97.4 Å². The Balaban J connectivity index is 2.09. The first-order chi connectivity index (χ1) is 8.24. The van der Waals surface area contributed by atoms with E-state index in [1.165, 1.54) is 0 Å². The van der Waals surface area contributed by atoms with E-state index in [0.29, 0.717) is 13.2 Å². The molecule has 0 radical (unpaired) electrons. The summed E-state index contributed by atoms with van der Waals surface area (Å²) >= 11 is 0. The van der Waals surface area contributed by atoms with Gasteiger partial charge in [0.15, 0.2) is 11.5 Å². The molecule has 17 heavy (non-hydrogen) atoms. The third-order valence-corrected chi connectivity index (χ3v) is 2.75. The van der Waals surface area contributed by atoms with Crippen LogP contribution in [0.2, 0.25) is 0 Å². The molecule has 1 aliphatic heterocycles. The SMILES string of the molecule is Cc1[nH]c(=O)[nH]c1-c1ccc2c(c1)OCCO2. The molecule has 2 aromatic rings. The van der Waals surface area contributed by atoms with Gasteiger partial charge in [0.1, 0.15) is 13.2 Å². The van der Waals surface area contributed by atoms with Crippen LogP contribution in [0.3, 0.4) is 0 Å². The number of hydrogen-bond donors (Lipinski definition) is 2. The van der Waals surface area contributed by atoms with Crippen LogP contribution in [-0.2, 0) is 0 Å². The van der Waals surface area contributed by atoms with Crippen LogP contribution >= 0.6 is 0 Å². The molecule has 1 aliphatic rings. The molecule has 2 N–H and O–H groups in total. The maximum Gasteiger partial charge on any atom is 0.323 e. The summed E-state index contributed by atoms with van der Waals surface area (Å²) in [6.07, 6.45) is 0. The van der Waals surface area contributed by atoms with E-state index in [1.807, 2.05) is 25.1 Å². The highest BCUT2D eigenvalue weighted by Gasteiger charge is 2.14. The first kappa shape index (κ1) is 10.0. The fraction of sp³-hybridized carbons (Fsp3) is 0.250. The van der Waals surface area contributed by atoms with Gasteiger partial charge >= 0.3 is 5.69 Å². The van der Waals surface area contributed by atoms with Gasteiger partial charge in [0, 0.05) is 11.3 Å². The minimum atomic E-state index is -0.201. The van der Waals surface area contributed by atoms with Crippen LogP contribution in [0.1, 0.15) is 5.69 Å². The van der Waals surface area contributed by atoms with Gasteiger partial charge in [0.05, 0.1) is 5.69 Å². The molecule has 0 saturated carbocycles. The molecule has 1 aromatic heterocycles. The van der Waals surface area contributed by atoms with Gasteiger partial charge in [-0.2, -0.15) is 0 Å². The van der Waals surface area contributed by atoms with Crippen molar-refractivity contribution in [3.8, 4) is 22.8 Å². The fourth-order valence-electron chi connectivity index (χ4n) is 1.96. The van der Waals surface area contributed by atoms with E-state index in [2.05, 4.69) is 9.97 Å². The largest absolute Gasteiger partial charge is 0.486 e. The van der Waals surface area contributed by atoms with E-state index in [0.717, 1.165) is 28.5 Å². The topological polar surface area (TPSA) is 67.1 Å². The summed E-state index contributed by atoms with van der Waals surface area (Å²) in [6.45, 7) is 2.98. The number of hydrogen-bond acceptors (Lipinski definition) is 3. The van der Waals surface area contributed by atoms with Crippen LogP contribution in [0, 0.1) is 6.92 Å². The molecule has 0 saturated heterocycles. The lowest BCUT2D eigenvalue weighted by Gasteiger charge is -2.18. The maximum absolute atomic E-state index is 11.2. The minimum Gasteiger partial charge on any atom is -0.486 e. The Kier molecular flexibility index (Phi) is 2.18. The summed E-state index contributed by atoms with van der Waals surface area (Å²) in [5.74, 6) is 1.46. The Morgan fingerprint density at radius 1 is 1.12 bits per heavy atom. The van der Waals surface area contributed by atoms with Crippen molar-refractivity contribution in [3.05, 3.63) is 34.4 Å². The zero-order chi connectivity index (χ0) is 11.8. The van der Waals surface area contributed by atoms with Gasteiger partial charge in [-0.3, -0.25) is 0 Å². The number of imidazole rings is 1. The van der Waals surface area contributed by atoms with Crippen LogP contribution in [0.15, 0.2) is 23.0 Å². The number of aromatic amines is 2. The summed E-state index contributed by atoms with van der Waals surface area (Å²) in [4.78, 5) is 16.7. The van der Waals surface area contributed by atoms with Crippen molar-refractivity contribution in [2.75, 3.05) is 13.2 Å². The van der Waals surface area contributed by atoms with E-state index in [1.54, 1.807) is 0 Å². The molecule has 5 nitrogen and oxygen atoms in total. The zero-order valence-corrected chi connectivity index (χ0v) is 9.37. The first-order valence-corrected chi connectivity index (χ1v) is 5.43. The fourth-order valence-corrected chi connectivity index (χ4v) is 1.96. The number of nitrogens with one attached hydrogen (secondary N) is 2. The number of fused-ring (bicyclic) bond motifs is 1. The number of aryl methyl sites for hydroxylation is 1. The molecule has 5 heteroatoms. The molecule has 0 unspecified atom stereocenters. The van der Waals surface area contributed by atoms with E-state index >= 15 is 0 Å². The highest BCUT2D eigenvalue weighted by atomic mass is 16.6. The van der Waals surface area contributed by atoms with E-state index < -0.39 is 0 Å². The number of ether oxygens (including phenoxy) is 2. The van der Waals surface area contributed by atoms with E-state index in [-0.39, 0.29) is 5.69 Å². The standard InChI is InChI=1S/C12H12N2O3/c1-7-11(14-12(15)13-7)8-2-3-9-10(6-8)17-5-4-16-9/h2-3,6H,4-5H2,1H3,(H2,13,14,15). The summed E-state index contributed by atoms with van der Waals surface area (Å²) in [7, 11) is 0. The van der Waals surface area contributed by atoms with Gasteiger partial charge in [-0.05, 0) is 25.1 Å². The van der Waals surface area contributed by atoms with Crippen molar-refractivity contribution >= 4 is 0 Å². The monoisotopic (exact) mass is 232 g/mol. The van der Waals surface area contributed by atoms with Crippen molar-refractivity contribution in [2.45, 2.75) is 6.92 Å². The quantitative estimate of drug-likeness (QED) is 0.782. The third-order valence-electron chi connectivity index (χ3n) is 2.75. The molecule has 3 rings (SSSR count). The molecule has 0 fully saturated rings. The Morgan fingerprint density at radius 3 is 2.59 bits per heavy atom. The number of benzene rings is 1. The summed E-state index contributed by atoms with van der Waals surface area (Å²) in [6, 6.07) is 5.63. The van der Waals surface area contributed by atoms with Crippen molar-refractivity contribution < 1.29 is 9.47 Å². The van der Waals surface area contributed by atoms with Crippen molar-refractivity contribution in [2.24, 2.45) is 0 Å². The summed E-state index contributed by atoms with van der Waals surface area (Å²) in [5.41, 5.74) is 2.30. The lowest BCUT2D eigenvalue weighted by atomic mass is 10.1. The van der Waals surface area contributed by atoms with Crippen molar-refractivity contribution in [1.82, 2.24) is 9.97 Å². The molecule has 1 aromatic carbocycles. The zero-order valence-electron chi connectivity index (χ0n) is 9.37. The van der Waals surface area contributed by atoms with Gasteiger partial charge in [-0.15, -0.1) is 0 Å². The van der Waals surface area contributed by atoms with Gasteiger partial charge in [0.25, 0.3) is 0 Å². The maximum atomic E-state index is 11.2. The molecule has 2 heterocycles. The second kappa shape index (κ2) is 3.69. The van der Waals surface area contributed by atoms with Crippen LogP contribution in [0.25, 0.3) is 11.3 Å². The van der Waals surface area contributed by atoms with Gasteiger partial charge in [0.2, 0.25) is 0 Å². The Morgan fingerprint density at radius 2 is 1.88 bits per heavy atom. The Hall–Kier alpha value is -2.17. The lowest BCUT2D eigenvalue weighted by Crippen LogP contribution is -2.15. The number of aromatic nitrogens is 2. The normalized spacial score (nSPS) is 13.7. The third kappa shape index (κ3) is 1.69. The second-order valence-electron chi connectivity index (χ2n) is 3.94. The molecule has 0 atom stereocenters. The van der Waals surface area contributed by atoms with Crippen molar-refractivity contribution in [1.29, 1.82) is 0 Å². The smallest absolute Gasteiger partial charge is 0.323 e. The van der Waals surface area contributed by atoms with Gasteiger partial charge < -0.3 is 19.4 Å². The molecule has 0 bridgehead atoms. The summed E-state index contributed by atoms with van der Waals surface area (Å²) in [5, 5.41) is 0. The number of H-pyrrole nitrogens is 2. The van der Waals surface area contributed by atoms with Crippen LogP contribution in [0.5, 0.6) is 11.5 Å². The highest BCUT2D eigenvalue weighted by molar-refractivity contribution is 5.65. The molecular formula is C12H12N2O3. The average Bonchev–Trinajstić information content (AvgIpc) is 2.68. The van der Waals surface area contributed by atoms with Crippen LogP contribution < -0.4 is 15.2 Å². The average molecular weight is 232 g/mol. The van der Waals surface area contributed by atoms with Crippen molar-refractivity contribution in [3.63, 3.8) is 0 Å². The highest BCUT2D eigenvalue weighted by Crippen LogP contribution is 2.34. The molecule has 88 valence electrons. The van der Waals surface area contributed by atoms with Crippen LogP contribution in [0.4, 0.5) is 0 Å². The predicted octanol–water partition coefficient (Wildman–Crippen LogP) is 1.45. The second-order valence-corrected chi connectivity index (χ2v) is 3.94. The summed E-state index contributed by atoms with van der Waals surface area (Å²) < 4.78 is 11.0. The molecule has 0 amide bonds. The molecular weight excluding hydrogens is 220 g/mol. The van der Waals surface area contributed by atoms with Gasteiger partial charge in [-0.1, -0.05) is 0 Å². The Bertz CT molecular complexity index is 612. The molecule has 0 aliphatic carbocycles. The number of rotatable bonds is 1. The van der Waals surface area contributed by atoms with E-state index in [9.17, 15) is 4.79 Å². The predicted molar refractivity (Wildman–Crippen MR) is 62.6 cm³/mol.